The van der Waals surface area contributed by atoms with Crippen molar-refractivity contribution in [2.45, 2.75) is 38.4 Å². The molecule has 0 fully saturated rings. The molecule has 0 aromatic carbocycles. The fraction of sp³-hybridized carbons (Fsp3) is 0.500. The highest BCUT2D eigenvalue weighted by Gasteiger charge is 2.15. The Morgan fingerprint density at radius 2 is 2.16 bits per heavy atom. The monoisotopic (exact) mass is 284 g/mol. The van der Waals surface area contributed by atoms with Crippen molar-refractivity contribution in [3.63, 3.8) is 0 Å². The molecule has 0 amide bonds. The molecule has 0 saturated heterocycles. The molecule has 2 heterocycles. The van der Waals surface area contributed by atoms with Crippen LogP contribution in [0.1, 0.15) is 25.0 Å². The Morgan fingerprint density at radius 1 is 1.42 bits per heavy atom. The van der Waals surface area contributed by atoms with Crippen molar-refractivity contribution in [3.05, 3.63) is 24.2 Å². The van der Waals surface area contributed by atoms with Crippen LogP contribution < -0.4 is 5.14 Å². The smallest absolute Gasteiger partial charge is 0.257 e. The standard InChI is InChI=1S/C10H16N6O2S/c1-3-4-16-9(12-7-13-16)5-15-6-10(14-8(15)2)19(11,17)18/h6-7H,3-5H2,1-2H3,(H2,11,17,18). The Kier molecular flexibility index (Phi) is 3.67. The Balaban J connectivity index is 2.29. The molecule has 0 spiro atoms. The summed E-state index contributed by atoms with van der Waals surface area (Å²) in [5, 5.41) is 9.04. The third kappa shape index (κ3) is 2.99. The van der Waals surface area contributed by atoms with Gasteiger partial charge in [-0.2, -0.15) is 5.10 Å². The van der Waals surface area contributed by atoms with Crippen LogP contribution in [0.5, 0.6) is 0 Å². The molecule has 2 aromatic rings. The van der Waals surface area contributed by atoms with Crippen molar-refractivity contribution in [2.24, 2.45) is 5.14 Å². The van der Waals surface area contributed by atoms with Gasteiger partial charge in [0, 0.05) is 12.7 Å². The summed E-state index contributed by atoms with van der Waals surface area (Å²) in [7, 11) is -3.78. The van der Waals surface area contributed by atoms with E-state index in [1.165, 1.54) is 12.5 Å². The molecule has 2 rings (SSSR count). The molecule has 2 N–H and O–H groups in total. The number of hydrogen-bond acceptors (Lipinski definition) is 5. The highest BCUT2D eigenvalue weighted by Crippen LogP contribution is 2.09. The van der Waals surface area contributed by atoms with Crippen LogP contribution in [0.2, 0.25) is 0 Å². The van der Waals surface area contributed by atoms with E-state index in [4.69, 9.17) is 5.14 Å². The molecule has 9 heteroatoms. The van der Waals surface area contributed by atoms with E-state index in [0.29, 0.717) is 12.4 Å². The summed E-state index contributed by atoms with van der Waals surface area (Å²) in [6, 6.07) is 0. The van der Waals surface area contributed by atoms with Gasteiger partial charge >= 0.3 is 0 Å². The molecule has 0 aliphatic rings. The van der Waals surface area contributed by atoms with E-state index in [2.05, 4.69) is 15.1 Å². The van der Waals surface area contributed by atoms with E-state index in [-0.39, 0.29) is 5.03 Å². The van der Waals surface area contributed by atoms with Gasteiger partial charge in [-0.15, -0.1) is 0 Å². The van der Waals surface area contributed by atoms with E-state index in [0.717, 1.165) is 18.8 Å². The summed E-state index contributed by atoms with van der Waals surface area (Å²) in [6.07, 6.45) is 3.84. The fourth-order valence-electron chi connectivity index (χ4n) is 1.74. The first-order valence-electron chi connectivity index (χ1n) is 5.85. The maximum Gasteiger partial charge on any atom is 0.257 e. The summed E-state index contributed by atoms with van der Waals surface area (Å²) >= 11 is 0. The van der Waals surface area contributed by atoms with Gasteiger partial charge < -0.3 is 4.57 Å². The number of rotatable bonds is 5. The first kappa shape index (κ1) is 13.7. The zero-order valence-electron chi connectivity index (χ0n) is 10.8. The minimum atomic E-state index is -3.78. The minimum Gasteiger partial charge on any atom is -0.326 e. The van der Waals surface area contributed by atoms with Crippen molar-refractivity contribution >= 4 is 10.0 Å². The maximum absolute atomic E-state index is 11.2. The molecular formula is C10H16N6O2S. The molecule has 2 aromatic heterocycles. The number of hydrogen-bond donors (Lipinski definition) is 1. The van der Waals surface area contributed by atoms with Gasteiger partial charge in [0.15, 0.2) is 5.03 Å². The molecule has 19 heavy (non-hydrogen) atoms. The zero-order chi connectivity index (χ0) is 14.0. The minimum absolute atomic E-state index is 0.133. The molecule has 0 radical (unpaired) electrons. The molecule has 8 nitrogen and oxygen atoms in total. The molecule has 0 atom stereocenters. The second kappa shape index (κ2) is 5.10. The van der Waals surface area contributed by atoms with Crippen molar-refractivity contribution in [1.29, 1.82) is 0 Å². The Bertz CT molecular complexity index is 672. The van der Waals surface area contributed by atoms with Gasteiger partial charge in [0.1, 0.15) is 18.0 Å². The van der Waals surface area contributed by atoms with Crippen LogP contribution in [0.25, 0.3) is 0 Å². The van der Waals surface area contributed by atoms with Crippen LogP contribution in [-0.2, 0) is 23.1 Å². The Labute approximate surface area is 111 Å². The second-order valence-corrected chi connectivity index (χ2v) is 5.71. The number of primary sulfonamides is 1. The molecule has 0 unspecified atom stereocenters. The maximum atomic E-state index is 11.2. The van der Waals surface area contributed by atoms with Crippen LogP contribution in [0.3, 0.4) is 0 Å². The first-order chi connectivity index (χ1) is 8.91. The summed E-state index contributed by atoms with van der Waals surface area (Å²) in [4.78, 5) is 8.10. The number of nitrogens with zero attached hydrogens (tertiary/aromatic N) is 5. The molecule has 0 bridgehead atoms. The number of aryl methyl sites for hydroxylation is 2. The third-order valence-electron chi connectivity index (χ3n) is 2.69. The lowest BCUT2D eigenvalue weighted by molar-refractivity contribution is 0.551. The van der Waals surface area contributed by atoms with E-state index >= 15 is 0 Å². The second-order valence-electron chi connectivity index (χ2n) is 4.20. The first-order valence-corrected chi connectivity index (χ1v) is 7.39. The van der Waals surface area contributed by atoms with Gasteiger partial charge in [-0.1, -0.05) is 6.92 Å². The molecule has 0 aliphatic heterocycles. The zero-order valence-corrected chi connectivity index (χ0v) is 11.6. The van der Waals surface area contributed by atoms with Gasteiger partial charge in [0.25, 0.3) is 10.0 Å². The van der Waals surface area contributed by atoms with Crippen LogP contribution in [0, 0.1) is 6.92 Å². The average Bonchev–Trinajstić information content (AvgIpc) is 2.88. The fourth-order valence-corrected chi connectivity index (χ4v) is 2.27. The molecule has 104 valence electrons. The van der Waals surface area contributed by atoms with Crippen molar-refractivity contribution in [1.82, 2.24) is 24.3 Å². The highest BCUT2D eigenvalue weighted by molar-refractivity contribution is 7.89. The summed E-state index contributed by atoms with van der Waals surface area (Å²) in [6.45, 7) is 4.95. The van der Waals surface area contributed by atoms with E-state index in [1.54, 1.807) is 16.2 Å². The normalized spacial score (nSPS) is 11.9. The van der Waals surface area contributed by atoms with Gasteiger partial charge in [-0.05, 0) is 13.3 Å². The molecule has 0 aliphatic carbocycles. The lowest BCUT2D eigenvalue weighted by Gasteiger charge is -2.06. The number of imidazole rings is 1. The van der Waals surface area contributed by atoms with Crippen LogP contribution >= 0.6 is 0 Å². The summed E-state index contributed by atoms with van der Waals surface area (Å²) in [5.41, 5.74) is 0. The Hall–Kier alpha value is -1.74. The lowest BCUT2D eigenvalue weighted by Crippen LogP contribution is -2.12. The van der Waals surface area contributed by atoms with Crippen LogP contribution in [0.15, 0.2) is 17.6 Å². The largest absolute Gasteiger partial charge is 0.326 e. The Morgan fingerprint density at radius 3 is 2.74 bits per heavy atom. The van der Waals surface area contributed by atoms with Crippen molar-refractivity contribution < 1.29 is 8.42 Å². The quantitative estimate of drug-likeness (QED) is 0.824. The summed E-state index contributed by atoms with van der Waals surface area (Å²) in [5.74, 6) is 1.32. The van der Waals surface area contributed by atoms with Crippen molar-refractivity contribution in [2.75, 3.05) is 0 Å². The van der Waals surface area contributed by atoms with Gasteiger partial charge in [-0.3, -0.25) is 0 Å². The van der Waals surface area contributed by atoms with Gasteiger partial charge in [-0.25, -0.2) is 28.2 Å². The SMILES string of the molecule is CCCn1ncnc1Cn1cc(S(N)(=O)=O)nc1C. The van der Waals surface area contributed by atoms with E-state index in [1.807, 2.05) is 6.92 Å². The van der Waals surface area contributed by atoms with Gasteiger partial charge in [0.2, 0.25) is 0 Å². The summed E-state index contributed by atoms with van der Waals surface area (Å²) < 4.78 is 26.0. The van der Waals surface area contributed by atoms with Crippen molar-refractivity contribution in [3.8, 4) is 0 Å². The predicted octanol–water partition coefficient (Wildman–Crippen LogP) is -0.111. The predicted molar refractivity (Wildman–Crippen MR) is 67.8 cm³/mol. The van der Waals surface area contributed by atoms with E-state index in [9.17, 15) is 8.42 Å². The van der Waals surface area contributed by atoms with Crippen LogP contribution in [0.4, 0.5) is 0 Å². The topological polar surface area (TPSA) is 109 Å². The molecular weight excluding hydrogens is 268 g/mol. The molecule has 0 saturated carbocycles. The number of aromatic nitrogens is 5. The number of nitrogens with two attached hydrogens (primary N) is 1. The van der Waals surface area contributed by atoms with Gasteiger partial charge in [0.05, 0.1) is 6.54 Å². The number of sulfonamides is 1. The lowest BCUT2D eigenvalue weighted by atomic mass is 10.4. The van der Waals surface area contributed by atoms with E-state index < -0.39 is 10.0 Å². The third-order valence-corrected chi connectivity index (χ3v) is 3.47. The highest BCUT2D eigenvalue weighted by atomic mass is 32.2. The average molecular weight is 284 g/mol. The van der Waals surface area contributed by atoms with Crippen LogP contribution in [-0.4, -0.2) is 32.7 Å².